The van der Waals surface area contributed by atoms with E-state index in [1.807, 2.05) is 6.07 Å². The van der Waals surface area contributed by atoms with Crippen LogP contribution in [0.5, 0.6) is 0 Å². The van der Waals surface area contributed by atoms with Gasteiger partial charge in [-0.05, 0) is 42.5 Å². The lowest BCUT2D eigenvalue weighted by Crippen LogP contribution is -2.13. The molecule has 0 unspecified atom stereocenters. The van der Waals surface area contributed by atoms with Crippen molar-refractivity contribution in [3.63, 3.8) is 0 Å². The Balaban J connectivity index is 1.82. The van der Waals surface area contributed by atoms with Crippen LogP contribution < -0.4 is 5.32 Å². The van der Waals surface area contributed by atoms with E-state index in [4.69, 9.17) is 27.6 Å². The SMILES string of the molecule is N#C/C(=C\c1ccc(-c2cccc(F)c2)o1)C(=O)Nc1cc(Cl)cc(Cl)c1. The number of hydrogen-bond acceptors (Lipinski definition) is 3. The molecule has 1 amide bonds. The molecule has 0 aliphatic heterocycles. The third-order valence-corrected chi connectivity index (χ3v) is 3.94. The molecule has 2 aromatic carbocycles. The van der Waals surface area contributed by atoms with E-state index in [0.717, 1.165) is 0 Å². The first kappa shape index (κ1) is 18.7. The first-order valence-corrected chi connectivity index (χ1v) is 8.45. The summed E-state index contributed by atoms with van der Waals surface area (Å²) < 4.78 is 18.9. The van der Waals surface area contributed by atoms with E-state index < -0.39 is 11.7 Å². The molecule has 0 aliphatic carbocycles. The third-order valence-electron chi connectivity index (χ3n) is 3.51. The standard InChI is InChI=1S/C20H11Cl2FN2O2/c21-14-8-15(22)10-17(9-14)25-20(26)13(11-24)7-18-4-5-19(27-18)12-2-1-3-16(23)6-12/h1-10H,(H,25,26)/b13-7+. The van der Waals surface area contributed by atoms with Gasteiger partial charge in [0, 0.05) is 27.4 Å². The summed E-state index contributed by atoms with van der Waals surface area (Å²) in [5.41, 5.74) is 0.732. The second kappa shape index (κ2) is 8.09. The number of nitriles is 1. The fourth-order valence-corrected chi connectivity index (χ4v) is 2.87. The summed E-state index contributed by atoms with van der Waals surface area (Å²) in [6.45, 7) is 0. The number of carbonyl (C=O) groups excluding carboxylic acids is 1. The number of amides is 1. The maximum atomic E-state index is 13.3. The Morgan fingerprint density at radius 1 is 1.11 bits per heavy atom. The molecular formula is C20H11Cl2FN2O2. The lowest BCUT2D eigenvalue weighted by atomic mass is 10.2. The van der Waals surface area contributed by atoms with Gasteiger partial charge in [-0.25, -0.2) is 4.39 Å². The Morgan fingerprint density at radius 2 is 1.85 bits per heavy atom. The molecule has 134 valence electrons. The average Bonchev–Trinajstić information content (AvgIpc) is 3.07. The zero-order chi connectivity index (χ0) is 19.4. The fourth-order valence-electron chi connectivity index (χ4n) is 2.34. The minimum Gasteiger partial charge on any atom is -0.457 e. The number of benzene rings is 2. The monoisotopic (exact) mass is 400 g/mol. The molecule has 0 aliphatic rings. The summed E-state index contributed by atoms with van der Waals surface area (Å²) in [5, 5.41) is 12.5. The molecule has 1 aromatic heterocycles. The number of anilines is 1. The second-order valence-electron chi connectivity index (χ2n) is 5.49. The summed E-state index contributed by atoms with van der Waals surface area (Å²) in [4.78, 5) is 12.3. The quantitative estimate of drug-likeness (QED) is 0.435. The minimum absolute atomic E-state index is 0.175. The van der Waals surface area contributed by atoms with Gasteiger partial charge in [-0.2, -0.15) is 5.26 Å². The number of nitrogens with one attached hydrogen (secondary N) is 1. The summed E-state index contributed by atoms with van der Waals surface area (Å²) in [5.74, 6) is -0.331. The molecule has 0 bridgehead atoms. The Labute approximate surface area is 164 Å². The molecule has 3 rings (SSSR count). The smallest absolute Gasteiger partial charge is 0.266 e. The highest BCUT2D eigenvalue weighted by Gasteiger charge is 2.12. The van der Waals surface area contributed by atoms with E-state index in [-0.39, 0.29) is 11.3 Å². The molecular weight excluding hydrogens is 390 g/mol. The van der Waals surface area contributed by atoms with Gasteiger partial charge in [-0.15, -0.1) is 0 Å². The highest BCUT2D eigenvalue weighted by Crippen LogP contribution is 2.25. The van der Waals surface area contributed by atoms with E-state index in [0.29, 0.717) is 27.1 Å². The zero-order valence-electron chi connectivity index (χ0n) is 13.7. The van der Waals surface area contributed by atoms with Gasteiger partial charge in [0.1, 0.15) is 29.0 Å². The van der Waals surface area contributed by atoms with E-state index in [9.17, 15) is 14.4 Å². The summed E-state index contributed by atoms with van der Waals surface area (Å²) in [6, 6.07) is 15.5. The van der Waals surface area contributed by atoms with E-state index in [2.05, 4.69) is 5.32 Å². The normalized spacial score (nSPS) is 11.1. The number of carbonyl (C=O) groups is 1. The molecule has 7 heteroatoms. The number of rotatable bonds is 4. The Morgan fingerprint density at radius 3 is 2.52 bits per heavy atom. The predicted octanol–water partition coefficient (Wildman–Crippen LogP) is 5.94. The van der Waals surface area contributed by atoms with Crippen molar-refractivity contribution in [2.45, 2.75) is 0 Å². The van der Waals surface area contributed by atoms with Crippen LogP contribution >= 0.6 is 23.2 Å². The van der Waals surface area contributed by atoms with Crippen LogP contribution in [-0.2, 0) is 4.79 Å². The molecule has 27 heavy (non-hydrogen) atoms. The van der Waals surface area contributed by atoms with Crippen LogP contribution in [-0.4, -0.2) is 5.91 Å². The Kier molecular flexibility index (Phi) is 5.60. The molecule has 0 spiro atoms. The van der Waals surface area contributed by atoms with Crippen LogP contribution in [0.1, 0.15) is 5.76 Å². The van der Waals surface area contributed by atoms with Crippen molar-refractivity contribution >= 4 is 40.9 Å². The molecule has 0 saturated carbocycles. The Hall–Kier alpha value is -3.07. The molecule has 3 aromatic rings. The maximum absolute atomic E-state index is 13.3. The van der Waals surface area contributed by atoms with Crippen molar-refractivity contribution in [1.29, 1.82) is 5.26 Å². The summed E-state index contributed by atoms with van der Waals surface area (Å²) in [7, 11) is 0. The van der Waals surface area contributed by atoms with Crippen molar-refractivity contribution < 1.29 is 13.6 Å². The van der Waals surface area contributed by atoms with Gasteiger partial charge >= 0.3 is 0 Å². The maximum Gasteiger partial charge on any atom is 0.266 e. The van der Waals surface area contributed by atoms with Gasteiger partial charge in [0.2, 0.25) is 0 Å². The van der Waals surface area contributed by atoms with E-state index in [1.165, 1.54) is 36.4 Å². The lowest BCUT2D eigenvalue weighted by Gasteiger charge is -2.05. The van der Waals surface area contributed by atoms with E-state index in [1.54, 1.807) is 24.3 Å². The van der Waals surface area contributed by atoms with Crippen LogP contribution in [0.3, 0.4) is 0 Å². The largest absolute Gasteiger partial charge is 0.457 e. The van der Waals surface area contributed by atoms with Crippen molar-refractivity contribution in [2.75, 3.05) is 5.32 Å². The molecule has 0 atom stereocenters. The van der Waals surface area contributed by atoms with Gasteiger partial charge in [0.25, 0.3) is 5.91 Å². The Bertz CT molecular complexity index is 1060. The first-order chi connectivity index (χ1) is 12.9. The van der Waals surface area contributed by atoms with Crippen LogP contribution in [0.15, 0.2) is 64.6 Å². The highest BCUT2D eigenvalue weighted by atomic mass is 35.5. The number of nitrogens with zero attached hydrogens (tertiary/aromatic N) is 1. The first-order valence-electron chi connectivity index (χ1n) is 7.69. The molecule has 0 saturated heterocycles. The van der Waals surface area contributed by atoms with Gasteiger partial charge in [-0.3, -0.25) is 4.79 Å². The molecule has 0 radical (unpaired) electrons. The highest BCUT2D eigenvalue weighted by molar-refractivity contribution is 6.35. The molecule has 4 nitrogen and oxygen atoms in total. The minimum atomic E-state index is -0.639. The molecule has 1 heterocycles. The van der Waals surface area contributed by atoms with Gasteiger partial charge in [-0.1, -0.05) is 35.3 Å². The van der Waals surface area contributed by atoms with Crippen molar-refractivity contribution in [3.05, 3.63) is 81.8 Å². The summed E-state index contributed by atoms with van der Waals surface area (Å²) in [6.07, 6.45) is 1.30. The van der Waals surface area contributed by atoms with Crippen molar-refractivity contribution in [1.82, 2.24) is 0 Å². The summed E-state index contributed by atoms with van der Waals surface area (Å²) >= 11 is 11.8. The van der Waals surface area contributed by atoms with Gasteiger partial charge in [0.05, 0.1) is 0 Å². The van der Waals surface area contributed by atoms with Crippen molar-refractivity contribution in [3.8, 4) is 17.4 Å². The molecule has 1 N–H and O–H groups in total. The van der Waals surface area contributed by atoms with Crippen LogP contribution in [0.4, 0.5) is 10.1 Å². The van der Waals surface area contributed by atoms with Crippen LogP contribution in [0.2, 0.25) is 10.0 Å². The van der Waals surface area contributed by atoms with Crippen LogP contribution in [0, 0.1) is 17.1 Å². The van der Waals surface area contributed by atoms with E-state index >= 15 is 0 Å². The predicted molar refractivity (Wildman–Crippen MR) is 103 cm³/mol. The second-order valence-corrected chi connectivity index (χ2v) is 6.37. The van der Waals surface area contributed by atoms with Crippen LogP contribution in [0.25, 0.3) is 17.4 Å². The zero-order valence-corrected chi connectivity index (χ0v) is 15.2. The number of hydrogen-bond donors (Lipinski definition) is 1. The number of halogens is 3. The average molecular weight is 401 g/mol. The van der Waals surface area contributed by atoms with Crippen molar-refractivity contribution in [2.24, 2.45) is 0 Å². The topological polar surface area (TPSA) is 66.0 Å². The van der Waals surface area contributed by atoms with Gasteiger partial charge in [0.15, 0.2) is 0 Å². The van der Waals surface area contributed by atoms with Gasteiger partial charge < -0.3 is 9.73 Å². The lowest BCUT2D eigenvalue weighted by molar-refractivity contribution is -0.112. The third kappa shape index (κ3) is 4.76. The molecule has 0 fully saturated rings. The fraction of sp³-hybridized carbons (Fsp3) is 0. The number of furan rings is 1.